The molecular formula is C18H29ClN4O4S. The number of anilines is 1. The van der Waals surface area contributed by atoms with E-state index in [1.807, 2.05) is 0 Å². The molecule has 2 fully saturated rings. The molecule has 0 aliphatic carbocycles. The maximum atomic E-state index is 13.0. The highest BCUT2D eigenvalue weighted by molar-refractivity contribution is 7.89. The summed E-state index contributed by atoms with van der Waals surface area (Å²) in [6.07, 6.45) is 1.93. The number of hydrogen-bond acceptors (Lipinski definition) is 6. The molecule has 1 aromatic carbocycles. The highest BCUT2D eigenvalue weighted by Crippen LogP contribution is 2.26. The molecule has 0 bridgehead atoms. The van der Waals surface area contributed by atoms with Crippen molar-refractivity contribution >= 4 is 34.0 Å². The van der Waals surface area contributed by atoms with E-state index in [4.69, 9.17) is 4.74 Å². The van der Waals surface area contributed by atoms with Crippen LogP contribution in [0.3, 0.4) is 0 Å². The average molecular weight is 433 g/mol. The number of amides is 1. The quantitative estimate of drug-likeness (QED) is 0.711. The number of nitrogens with one attached hydrogen (secondary N) is 2. The molecule has 2 heterocycles. The van der Waals surface area contributed by atoms with Gasteiger partial charge in [0.2, 0.25) is 10.0 Å². The van der Waals surface area contributed by atoms with Gasteiger partial charge in [0.25, 0.3) is 5.91 Å². The van der Waals surface area contributed by atoms with E-state index in [9.17, 15) is 13.2 Å². The normalized spacial score (nSPS) is 20.5. The standard InChI is InChI=1S/C18H28N4O4S.ClH/c1-21(2)27(24,25)15-5-6-17(22-8-10-26-11-9-22)16(12-15)18(23)20-14-4-3-7-19-13-14;/h5-6,12,14,19H,3-4,7-11,13H2,1-2H3,(H,20,23);1H/t14-;/m0./s1. The molecule has 2 aliphatic rings. The van der Waals surface area contributed by atoms with Crippen molar-refractivity contribution in [1.82, 2.24) is 14.9 Å². The summed E-state index contributed by atoms with van der Waals surface area (Å²) in [5.74, 6) is -0.235. The van der Waals surface area contributed by atoms with Gasteiger partial charge >= 0.3 is 0 Å². The lowest BCUT2D eigenvalue weighted by molar-refractivity contribution is 0.0929. The second kappa shape index (κ2) is 9.89. The van der Waals surface area contributed by atoms with Gasteiger partial charge in [0.15, 0.2) is 0 Å². The van der Waals surface area contributed by atoms with Crippen LogP contribution in [0.5, 0.6) is 0 Å². The minimum absolute atomic E-state index is 0. The second-order valence-electron chi connectivity index (χ2n) is 7.08. The Bertz CT molecular complexity index is 776. The lowest BCUT2D eigenvalue weighted by Crippen LogP contribution is -2.46. The van der Waals surface area contributed by atoms with Crippen LogP contribution in [0, 0.1) is 0 Å². The molecule has 158 valence electrons. The number of morpholine rings is 1. The Morgan fingerprint density at radius 2 is 2.00 bits per heavy atom. The lowest BCUT2D eigenvalue weighted by atomic mass is 10.1. The zero-order chi connectivity index (χ0) is 19.4. The van der Waals surface area contributed by atoms with E-state index in [-0.39, 0.29) is 29.3 Å². The van der Waals surface area contributed by atoms with Gasteiger partial charge in [-0.05, 0) is 37.6 Å². The van der Waals surface area contributed by atoms with Gasteiger partial charge in [-0.3, -0.25) is 4.79 Å². The van der Waals surface area contributed by atoms with Crippen LogP contribution in [-0.4, -0.2) is 78.2 Å². The first kappa shape index (κ1) is 22.9. The SMILES string of the molecule is CN(C)S(=O)(=O)c1ccc(N2CCOCC2)c(C(=O)N[C@H]2CCCNC2)c1.Cl. The van der Waals surface area contributed by atoms with Crippen molar-refractivity contribution in [2.24, 2.45) is 0 Å². The summed E-state index contributed by atoms with van der Waals surface area (Å²) in [5, 5.41) is 6.33. The van der Waals surface area contributed by atoms with Gasteiger partial charge in [-0.25, -0.2) is 12.7 Å². The highest BCUT2D eigenvalue weighted by Gasteiger charge is 2.25. The summed E-state index contributed by atoms with van der Waals surface area (Å²) in [7, 11) is -0.646. The average Bonchev–Trinajstić information content (AvgIpc) is 2.68. The van der Waals surface area contributed by atoms with E-state index in [0.29, 0.717) is 31.9 Å². The van der Waals surface area contributed by atoms with Crippen LogP contribution in [0.1, 0.15) is 23.2 Å². The van der Waals surface area contributed by atoms with Gasteiger partial charge in [-0.2, -0.15) is 0 Å². The van der Waals surface area contributed by atoms with E-state index < -0.39 is 10.0 Å². The van der Waals surface area contributed by atoms with Crippen LogP contribution in [0.2, 0.25) is 0 Å². The summed E-state index contributed by atoms with van der Waals surface area (Å²) in [5.41, 5.74) is 1.14. The number of carbonyl (C=O) groups excluding carboxylic acids is 1. The number of hydrogen-bond donors (Lipinski definition) is 2. The molecule has 2 saturated heterocycles. The van der Waals surface area contributed by atoms with Crippen molar-refractivity contribution in [2.75, 3.05) is 58.4 Å². The van der Waals surface area contributed by atoms with Crippen molar-refractivity contribution < 1.29 is 17.9 Å². The Morgan fingerprint density at radius 3 is 2.61 bits per heavy atom. The Hall–Kier alpha value is -1.39. The first-order valence-electron chi connectivity index (χ1n) is 9.30. The van der Waals surface area contributed by atoms with Gasteiger partial charge in [0.05, 0.1) is 23.7 Å². The summed E-state index contributed by atoms with van der Waals surface area (Å²) >= 11 is 0. The predicted octanol–water partition coefficient (Wildman–Crippen LogP) is 0.677. The number of carbonyl (C=O) groups is 1. The van der Waals surface area contributed by atoms with Gasteiger partial charge in [0, 0.05) is 45.5 Å². The van der Waals surface area contributed by atoms with Gasteiger partial charge in [-0.1, -0.05) is 0 Å². The number of sulfonamides is 1. The summed E-state index contributed by atoms with van der Waals surface area (Å²) in [4.78, 5) is 15.2. The predicted molar refractivity (Wildman–Crippen MR) is 111 cm³/mol. The molecule has 0 spiro atoms. The van der Waals surface area contributed by atoms with Crippen molar-refractivity contribution in [3.8, 4) is 0 Å². The van der Waals surface area contributed by atoms with Crippen LogP contribution in [0.4, 0.5) is 5.69 Å². The molecule has 28 heavy (non-hydrogen) atoms. The maximum absolute atomic E-state index is 13.0. The van der Waals surface area contributed by atoms with E-state index in [1.165, 1.54) is 20.2 Å². The summed E-state index contributed by atoms with van der Waals surface area (Å²) < 4.78 is 31.6. The third kappa shape index (κ3) is 5.15. The first-order valence-corrected chi connectivity index (χ1v) is 10.7. The van der Waals surface area contributed by atoms with Crippen LogP contribution in [0.25, 0.3) is 0 Å². The molecule has 8 nitrogen and oxygen atoms in total. The molecule has 2 aliphatic heterocycles. The molecule has 2 N–H and O–H groups in total. The van der Waals surface area contributed by atoms with Crippen LogP contribution < -0.4 is 15.5 Å². The van der Waals surface area contributed by atoms with Crippen LogP contribution in [-0.2, 0) is 14.8 Å². The zero-order valence-electron chi connectivity index (χ0n) is 16.3. The molecule has 0 saturated carbocycles. The van der Waals surface area contributed by atoms with E-state index in [1.54, 1.807) is 12.1 Å². The number of nitrogens with zero attached hydrogens (tertiary/aromatic N) is 2. The van der Waals surface area contributed by atoms with E-state index in [0.717, 1.165) is 35.9 Å². The maximum Gasteiger partial charge on any atom is 0.253 e. The number of piperidine rings is 1. The Kier molecular flexibility index (Phi) is 8.08. The summed E-state index contributed by atoms with van der Waals surface area (Å²) in [6, 6.07) is 4.85. The van der Waals surface area contributed by atoms with E-state index in [2.05, 4.69) is 15.5 Å². The molecule has 1 aromatic rings. The smallest absolute Gasteiger partial charge is 0.253 e. The number of halogens is 1. The fraction of sp³-hybridized carbons (Fsp3) is 0.611. The first-order chi connectivity index (χ1) is 12.9. The van der Waals surface area contributed by atoms with Gasteiger partial charge in [-0.15, -0.1) is 12.4 Å². The Balaban J connectivity index is 0.00000280. The Labute approximate surface area is 173 Å². The largest absolute Gasteiger partial charge is 0.378 e. The Morgan fingerprint density at radius 1 is 1.29 bits per heavy atom. The molecule has 1 amide bonds. The fourth-order valence-corrected chi connectivity index (χ4v) is 4.31. The van der Waals surface area contributed by atoms with Crippen molar-refractivity contribution in [2.45, 2.75) is 23.8 Å². The highest BCUT2D eigenvalue weighted by atomic mass is 35.5. The molecule has 0 radical (unpaired) electrons. The second-order valence-corrected chi connectivity index (χ2v) is 9.23. The molecule has 0 unspecified atom stereocenters. The molecule has 1 atom stereocenters. The number of benzene rings is 1. The van der Waals surface area contributed by atoms with Crippen molar-refractivity contribution in [3.63, 3.8) is 0 Å². The molecule has 10 heteroatoms. The molecule has 0 aromatic heterocycles. The van der Waals surface area contributed by atoms with Gasteiger partial charge in [0.1, 0.15) is 0 Å². The monoisotopic (exact) mass is 432 g/mol. The topological polar surface area (TPSA) is 91.0 Å². The summed E-state index contributed by atoms with van der Waals surface area (Å²) in [6.45, 7) is 4.21. The van der Waals surface area contributed by atoms with Crippen molar-refractivity contribution in [3.05, 3.63) is 23.8 Å². The third-order valence-corrected chi connectivity index (χ3v) is 6.79. The lowest BCUT2D eigenvalue weighted by Gasteiger charge is -2.31. The van der Waals surface area contributed by atoms with Crippen LogP contribution >= 0.6 is 12.4 Å². The fourth-order valence-electron chi connectivity index (χ4n) is 3.39. The van der Waals surface area contributed by atoms with E-state index >= 15 is 0 Å². The van der Waals surface area contributed by atoms with Crippen molar-refractivity contribution in [1.29, 1.82) is 0 Å². The zero-order valence-corrected chi connectivity index (χ0v) is 17.9. The number of rotatable bonds is 5. The minimum Gasteiger partial charge on any atom is -0.378 e. The molecule has 3 rings (SSSR count). The van der Waals surface area contributed by atoms with Gasteiger partial charge < -0.3 is 20.3 Å². The molecular weight excluding hydrogens is 404 g/mol. The minimum atomic E-state index is -3.62. The third-order valence-electron chi connectivity index (χ3n) is 4.98. The van der Waals surface area contributed by atoms with Crippen LogP contribution in [0.15, 0.2) is 23.1 Å². The number of ether oxygens (including phenoxy) is 1.